The lowest BCUT2D eigenvalue weighted by atomic mass is 9.95. The maximum Gasteiger partial charge on any atom is 0.237 e. The molecule has 0 saturated carbocycles. The van der Waals surface area contributed by atoms with Crippen LogP contribution in [0.2, 0.25) is 0 Å². The van der Waals surface area contributed by atoms with E-state index >= 15 is 0 Å². The maximum atomic E-state index is 11.5. The van der Waals surface area contributed by atoms with Gasteiger partial charge in [-0.2, -0.15) is 0 Å². The zero-order valence-electron chi connectivity index (χ0n) is 9.78. The molecule has 2 rings (SSSR count). The molecule has 4 heteroatoms. The predicted molar refractivity (Wildman–Crippen MR) is 67.8 cm³/mol. The molecule has 86 valence electrons. The summed E-state index contributed by atoms with van der Waals surface area (Å²) in [5, 5.41) is 0. The molecule has 3 nitrogen and oxygen atoms in total. The lowest BCUT2D eigenvalue weighted by Crippen LogP contribution is -2.32. The van der Waals surface area contributed by atoms with Crippen LogP contribution in [0.4, 0.5) is 5.69 Å². The molecule has 0 aliphatic carbocycles. The molecule has 0 bridgehead atoms. The summed E-state index contributed by atoms with van der Waals surface area (Å²) in [6, 6.07) is 6.06. The topological polar surface area (TPSA) is 46.3 Å². The molecule has 0 aromatic heterocycles. The number of thioether (sulfide) groups is 1. The van der Waals surface area contributed by atoms with Gasteiger partial charge in [-0.1, -0.05) is 6.07 Å². The van der Waals surface area contributed by atoms with Crippen molar-refractivity contribution in [2.75, 3.05) is 17.7 Å². The van der Waals surface area contributed by atoms with Gasteiger partial charge in [0.05, 0.1) is 11.4 Å². The molecule has 0 saturated heterocycles. The number of nitrogens with zero attached hydrogens (tertiary/aromatic N) is 1. The van der Waals surface area contributed by atoms with Gasteiger partial charge in [0.1, 0.15) is 0 Å². The Morgan fingerprint density at radius 2 is 2.12 bits per heavy atom. The van der Waals surface area contributed by atoms with Crippen LogP contribution in [0.15, 0.2) is 23.1 Å². The number of hydrogen-bond acceptors (Lipinski definition) is 3. The molecule has 1 amide bonds. The lowest BCUT2D eigenvalue weighted by Gasteiger charge is -2.27. The Hall–Kier alpha value is -1.00. The summed E-state index contributed by atoms with van der Waals surface area (Å²) in [6.07, 6.45) is 0. The van der Waals surface area contributed by atoms with Gasteiger partial charge in [0.25, 0.3) is 0 Å². The van der Waals surface area contributed by atoms with E-state index in [0.29, 0.717) is 5.75 Å². The Morgan fingerprint density at radius 3 is 2.75 bits per heavy atom. The molecule has 1 aliphatic heterocycles. The highest BCUT2D eigenvalue weighted by Gasteiger charge is 2.23. The molecule has 16 heavy (non-hydrogen) atoms. The fourth-order valence-electron chi connectivity index (χ4n) is 1.68. The molecule has 0 fully saturated rings. The summed E-state index contributed by atoms with van der Waals surface area (Å²) in [5.41, 5.74) is 7.80. The summed E-state index contributed by atoms with van der Waals surface area (Å²) in [5.74, 6) is 0.662. The van der Waals surface area contributed by atoms with Crippen molar-refractivity contribution < 1.29 is 4.79 Å². The van der Waals surface area contributed by atoms with Crippen molar-refractivity contribution >= 4 is 23.4 Å². The minimum absolute atomic E-state index is 0.150. The van der Waals surface area contributed by atoms with E-state index in [1.165, 1.54) is 0 Å². The monoisotopic (exact) mass is 236 g/mol. The van der Waals surface area contributed by atoms with E-state index in [2.05, 4.69) is 6.07 Å². The molecule has 0 atom stereocenters. The number of rotatable bonds is 1. The molecule has 2 N–H and O–H groups in total. The zero-order valence-corrected chi connectivity index (χ0v) is 10.6. The van der Waals surface area contributed by atoms with Crippen LogP contribution in [0, 0.1) is 0 Å². The highest BCUT2D eigenvalue weighted by molar-refractivity contribution is 8.00. The van der Waals surface area contributed by atoms with Crippen molar-refractivity contribution in [1.82, 2.24) is 0 Å². The van der Waals surface area contributed by atoms with Crippen molar-refractivity contribution in [3.8, 4) is 0 Å². The third-order valence-corrected chi connectivity index (χ3v) is 3.82. The van der Waals surface area contributed by atoms with Gasteiger partial charge < -0.3 is 10.6 Å². The number of fused-ring (bicyclic) bond motifs is 1. The number of anilines is 1. The highest BCUT2D eigenvalue weighted by Crippen LogP contribution is 2.36. The minimum atomic E-state index is -0.338. The fourth-order valence-corrected chi connectivity index (χ4v) is 2.71. The Morgan fingerprint density at radius 1 is 1.44 bits per heavy atom. The number of benzene rings is 1. The van der Waals surface area contributed by atoms with Gasteiger partial charge in [-0.05, 0) is 31.5 Å². The predicted octanol–water partition coefficient (Wildman–Crippen LogP) is 1.95. The van der Waals surface area contributed by atoms with Gasteiger partial charge in [0.2, 0.25) is 5.91 Å². The van der Waals surface area contributed by atoms with Gasteiger partial charge in [0.15, 0.2) is 0 Å². The van der Waals surface area contributed by atoms with E-state index in [1.807, 2.05) is 33.0 Å². The molecular weight excluding hydrogens is 220 g/mol. The second kappa shape index (κ2) is 3.79. The summed E-state index contributed by atoms with van der Waals surface area (Å²) < 4.78 is 0. The quantitative estimate of drug-likeness (QED) is 0.810. The van der Waals surface area contributed by atoms with Gasteiger partial charge in [-0.25, -0.2) is 0 Å². The van der Waals surface area contributed by atoms with Crippen LogP contribution in [0.25, 0.3) is 0 Å². The SMILES string of the molecule is CN1C(=O)CSc2cc(C(C)(C)N)ccc21. The highest BCUT2D eigenvalue weighted by atomic mass is 32.2. The first-order valence-electron chi connectivity index (χ1n) is 5.22. The summed E-state index contributed by atoms with van der Waals surface area (Å²) >= 11 is 1.58. The Bertz CT molecular complexity index is 437. The first-order valence-corrected chi connectivity index (χ1v) is 6.21. The van der Waals surface area contributed by atoms with Crippen LogP contribution >= 0.6 is 11.8 Å². The third kappa shape index (κ3) is 1.95. The van der Waals surface area contributed by atoms with Crippen LogP contribution in [-0.2, 0) is 10.3 Å². The van der Waals surface area contributed by atoms with Crippen LogP contribution in [-0.4, -0.2) is 18.7 Å². The Kier molecular flexibility index (Phi) is 2.72. The second-order valence-corrected chi connectivity index (χ2v) is 5.66. The molecule has 0 unspecified atom stereocenters. The standard InChI is InChI=1S/C12H16N2OS/c1-12(2,13)8-4-5-9-10(6-8)16-7-11(15)14(9)3/h4-6H,7,13H2,1-3H3. The van der Waals surface area contributed by atoms with E-state index in [9.17, 15) is 4.79 Å². The van der Waals surface area contributed by atoms with Crippen molar-refractivity contribution in [3.63, 3.8) is 0 Å². The molecule has 1 heterocycles. The van der Waals surface area contributed by atoms with Crippen molar-refractivity contribution in [2.45, 2.75) is 24.3 Å². The van der Waals surface area contributed by atoms with Crippen LogP contribution in [0.3, 0.4) is 0 Å². The Labute approximate surface area is 100.0 Å². The van der Waals surface area contributed by atoms with E-state index in [1.54, 1.807) is 16.7 Å². The van der Waals surface area contributed by atoms with Gasteiger partial charge in [-0.15, -0.1) is 11.8 Å². The third-order valence-electron chi connectivity index (χ3n) is 2.79. The van der Waals surface area contributed by atoms with Crippen LogP contribution in [0.1, 0.15) is 19.4 Å². The number of nitrogens with two attached hydrogens (primary N) is 1. The van der Waals surface area contributed by atoms with Crippen molar-refractivity contribution in [3.05, 3.63) is 23.8 Å². The molecule has 1 aromatic carbocycles. The van der Waals surface area contributed by atoms with Gasteiger partial charge in [-0.3, -0.25) is 4.79 Å². The summed E-state index contributed by atoms with van der Waals surface area (Å²) in [7, 11) is 1.81. The second-order valence-electron chi connectivity index (χ2n) is 4.65. The molecule has 0 spiro atoms. The maximum absolute atomic E-state index is 11.5. The molecule has 1 aromatic rings. The van der Waals surface area contributed by atoms with Crippen LogP contribution in [0.5, 0.6) is 0 Å². The fraction of sp³-hybridized carbons (Fsp3) is 0.417. The first kappa shape index (κ1) is 11.5. The van der Waals surface area contributed by atoms with E-state index < -0.39 is 0 Å². The molecular formula is C12H16N2OS. The van der Waals surface area contributed by atoms with Crippen molar-refractivity contribution in [1.29, 1.82) is 0 Å². The minimum Gasteiger partial charge on any atom is -0.322 e. The first-order chi connectivity index (χ1) is 7.39. The number of carbonyl (C=O) groups is 1. The lowest BCUT2D eigenvalue weighted by molar-refractivity contribution is -0.116. The summed E-state index contributed by atoms with van der Waals surface area (Å²) in [4.78, 5) is 14.4. The van der Waals surface area contributed by atoms with Gasteiger partial charge in [0, 0.05) is 17.5 Å². The van der Waals surface area contributed by atoms with Crippen LogP contribution < -0.4 is 10.6 Å². The average Bonchev–Trinajstić information content (AvgIpc) is 2.22. The number of hydrogen-bond donors (Lipinski definition) is 1. The smallest absolute Gasteiger partial charge is 0.237 e. The number of amides is 1. The van der Waals surface area contributed by atoms with Gasteiger partial charge >= 0.3 is 0 Å². The average molecular weight is 236 g/mol. The molecule has 0 radical (unpaired) electrons. The zero-order chi connectivity index (χ0) is 11.9. The molecule has 1 aliphatic rings. The normalized spacial score (nSPS) is 16.2. The number of carbonyl (C=O) groups excluding carboxylic acids is 1. The van der Waals surface area contributed by atoms with E-state index in [4.69, 9.17) is 5.73 Å². The van der Waals surface area contributed by atoms with E-state index in [0.717, 1.165) is 16.1 Å². The van der Waals surface area contributed by atoms with E-state index in [-0.39, 0.29) is 11.4 Å². The summed E-state index contributed by atoms with van der Waals surface area (Å²) in [6.45, 7) is 3.97. The Balaban J connectivity index is 2.45. The largest absolute Gasteiger partial charge is 0.322 e. The van der Waals surface area contributed by atoms with Crippen molar-refractivity contribution in [2.24, 2.45) is 5.73 Å².